The lowest BCUT2D eigenvalue weighted by Gasteiger charge is -2.06. The van der Waals surface area contributed by atoms with Gasteiger partial charge in [-0.25, -0.2) is 4.39 Å². The molecule has 3 aromatic rings. The van der Waals surface area contributed by atoms with Gasteiger partial charge < -0.3 is 5.32 Å². The lowest BCUT2D eigenvalue weighted by atomic mass is 10.2. The molecule has 22 heavy (non-hydrogen) atoms. The minimum atomic E-state index is -0.296. The number of hydrogen-bond donors (Lipinski definition) is 1. The molecule has 6 heteroatoms. The Kier molecular flexibility index (Phi) is 4.06. The maximum atomic E-state index is 12.8. The molecule has 0 aliphatic rings. The van der Waals surface area contributed by atoms with Crippen LogP contribution in [0.3, 0.4) is 0 Å². The first-order chi connectivity index (χ1) is 10.6. The zero-order valence-electron chi connectivity index (χ0n) is 11.6. The highest BCUT2D eigenvalue weighted by molar-refractivity contribution is 6.35. The van der Waals surface area contributed by atoms with Crippen molar-refractivity contribution in [3.8, 4) is 0 Å². The summed E-state index contributed by atoms with van der Waals surface area (Å²) in [6, 6.07) is 11.5. The first kappa shape index (κ1) is 14.5. The average Bonchev–Trinajstić information content (AvgIpc) is 2.91. The highest BCUT2D eigenvalue weighted by Gasteiger charge is 2.09. The van der Waals surface area contributed by atoms with Crippen molar-refractivity contribution in [3.05, 3.63) is 65.1 Å². The Hall–Kier alpha value is -2.40. The van der Waals surface area contributed by atoms with Crippen LogP contribution in [0.25, 0.3) is 10.9 Å². The molecule has 0 aliphatic heterocycles. The molecule has 1 amide bonds. The zero-order valence-corrected chi connectivity index (χ0v) is 12.3. The largest absolute Gasteiger partial charge is 0.350 e. The van der Waals surface area contributed by atoms with E-state index in [1.54, 1.807) is 29.1 Å². The quantitative estimate of drug-likeness (QED) is 0.803. The minimum Gasteiger partial charge on any atom is -0.350 e. The van der Waals surface area contributed by atoms with Crippen molar-refractivity contribution < 1.29 is 9.18 Å². The first-order valence-electron chi connectivity index (χ1n) is 6.74. The van der Waals surface area contributed by atoms with Gasteiger partial charge in [0, 0.05) is 11.9 Å². The number of amides is 1. The maximum Gasteiger partial charge on any atom is 0.242 e. The normalized spacial score (nSPS) is 10.8. The average molecular weight is 318 g/mol. The molecule has 0 saturated carbocycles. The van der Waals surface area contributed by atoms with Crippen molar-refractivity contribution in [1.29, 1.82) is 0 Å². The Balaban J connectivity index is 1.66. The van der Waals surface area contributed by atoms with Crippen LogP contribution in [0.5, 0.6) is 0 Å². The second kappa shape index (κ2) is 6.15. The van der Waals surface area contributed by atoms with E-state index in [9.17, 15) is 9.18 Å². The standard InChI is InChI=1S/C16H13ClFN3O/c17-14-2-1-3-15-13(14)9-20-21(15)10-16(22)19-8-11-4-6-12(18)7-5-11/h1-7,9H,8,10H2,(H,19,22). The number of carbonyl (C=O) groups is 1. The van der Waals surface area contributed by atoms with Gasteiger partial charge in [-0.3, -0.25) is 9.48 Å². The highest BCUT2D eigenvalue weighted by Crippen LogP contribution is 2.22. The lowest BCUT2D eigenvalue weighted by molar-refractivity contribution is -0.121. The lowest BCUT2D eigenvalue weighted by Crippen LogP contribution is -2.27. The van der Waals surface area contributed by atoms with Crippen LogP contribution in [-0.4, -0.2) is 15.7 Å². The van der Waals surface area contributed by atoms with Gasteiger partial charge in [-0.15, -0.1) is 0 Å². The number of rotatable bonds is 4. The monoisotopic (exact) mass is 317 g/mol. The van der Waals surface area contributed by atoms with E-state index in [1.807, 2.05) is 12.1 Å². The number of halogens is 2. The van der Waals surface area contributed by atoms with Crippen molar-refractivity contribution in [2.75, 3.05) is 0 Å². The van der Waals surface area contributed by atoms with Gasteiger partial charge in [0.15, 0.2) is 0 Å². The summed E-state index contributed by atoms with van der Waals surface area (Å²) in [6.07, 6.45) is 1.64. The van der Waals surface area contributed by atoms with Crippen LogP contribution >= 0.6 is 11.6 Å². The molecular formula is C16H13ClFN3O. The van der Waals surface area contributed by atoms with Gasteiger partial charge in [0.2, 0.25) is 5.91 Å². The molecule has 2 aromatic carbocycles. The van der Waals surface area contributed by atoms with Crippen LogP contribution in [0.1, 0.15) is 5.56 Å². The Morgan fingerprint density at radius 3 is 2.77 bits per heavy atom. The second-order valence-corrected chi connectivity index (χ2v) is 5.29. The Labute approximate surface area is 131 Å². The van der Waals surface area contributed by atoms with Crippen molar-refractivity contribution in [1.82, 2.24) is 15.1 Å². The fourth-order valence-corrected chi connectivity index (χ4v) is 2.41. The van der Waals surface area contributed by atoms with E-state index in [0.29, 0.717) is 11.6 Å². The van der Waals surface area contributed by atoms with Gasteiger partial charge in [0.1, 0.15) is 12.4 Å². The van der Waals surface area contributed by atoms with Gasteiger partial charge in [-0.2, -0.15) is 5.10 Å². The number of nitrogens with one attached hydrogen (secondary N) is 1. The fraction of sp³-hybridized carbons (Fsp3) is 0.125. The maximum absolute atomic E-state index is 12.8. The Bertz CT molecular complexity index is 814. The summed E-state index contributed by atoms with van der Waals surface area (Å²) in [5, 5.41) is 8.39. The summed E-state index contributed by atoms with van der Waals surface area (Å²) < 4.78 is 14.4. The van der Waals surface area contributed by atoms with Crippen molar-refractivity contribution >= 4 is 28.4 Å². The highest BCUT2D eigenvalue weighted by atomic mass is 35.5. The van der Waals surface area contributed by atoms with Gasteiger partial charge in [-0.05, 0) is 29.8 Å². The molecule has 1 heterocycles. The van der Waals surface area contributed by atoms with E-state index in [0.717, 1.165) is 16.5 Å². The molecule has 0 spiro atoms. The first-order valence-corrected chi connectivity index (χ1v) is 7.12. The smallest absolute Gasteiger partial charge is 0.242 e. The van der Waals surface area contributed by atoms with Gasteiger partial charge in [0.25, 0.3) is 0 Å². The molecule has 112 valence electrons. The number of benzene rings is 2. The number of carbonyl (C=O) groups excluding carboxylic acids is 1. The van der Waals surface area contributed by atoms with Crippen LogP contribution in [0.2, 0.25) is 5.02 Å². The van der Waals surface area contributed by atoms with Crippen molar-refractivity contribution in [3.63, 3.8) is 0 Å². The van der Waals surface area contributed by atoms with Crippen LogP contribution in [0.15, 0.2) is 48.7 Å². The summed E-state index contributed by atoms with van der Waals surface area (Å²) in [4.78, 5) is 12.0. The Morgan fingerprint density at radius 2 is 2.00 bits per heavy atom. The topological polar surface area (TPSA) is 46.9 Å². The molecule has 0 aliphatic carbocycles. The third-order valence-corrected chi connectivity index (χ3v) is 3.66. The summed E-state index contributed by atoms with van der Waals surface area (Å²) >= 11 is 6.08. The fourth-order valence-electron chi connectivity index (χ4n) is 2.19. The number of nitrogens with zero attached hydrogens (tertiary/aromatic N) is 2. The molecule has 0 atom stereocenters. The van der Waals surface area contributed by atoms with E-state index in [4.69, 9.17) is 11.6 Å². The molecule has 3 rings (SSSR count). The van der Waals surface area contributed by atoms with Crippen LogP contribution < -0.4 is 5.32 Å². The van der Waals surface area contributed by atoms with E-state index >= 15 is 0 Å². The molecule has 0 bridgehead atoms. The van der Waals surface area contributed by atoms with Gasteiger partial charge in [-0.1, -0.05) is 29.8 Å². The SMILES string of the molecule is O=C(Cn1ncc2c(Cl)cccc21)NCc1ccc(F)cc1. The van der Waals surface area contributed by atoms with Crippen LogP contribution in [0.4, 0.5) is 4.39 Å². The predicted molar refractivity (Wildman–Crippen MR) is 83.0 cm³/mol. The number of hydrogen-bond acceptors (Lipinski definition) is 2. The van der Waals surface area contributed by atoms with E-state index < -0.39 is 0 Å². The zero-order chi connectivity index (χ0) is 15.5. The molecule has 0 radical (unpaired) electrons. The predicted octanol–water partition coefficient (Wildman–Crippen LogP) is 3.15. The summed E-state index contributed by atoms with van der Waals surface area (Å²) in [6.45, 7) is 0.449. The number of fused-ring (bicyclic) bond motifs is 1. The Morgan fingerprint density at radius 1 is 1.23 bits per heavy atom. The van der Waals surface area contributed by atoms with E-state index in [-0.39, 0.29) is 18.3 Å². The molecule has 0 saturated heterocycles. The molecule has 0 unspecified atom stereocenters. The van der Waals surface area contributed by atoms with Crippen LogP contribution in [-0.2, 0) is 17.9 Å². The molecular weight excluding hydrogens is 305 g/mol. The van der Waals surface area contributed by atoms with E-state index in [2.05, 4.69) is 10.4 Å². The molecule has 1 aromatic heterocycles. The summed E-state index contributed by atoms with van der Waals surface area (Å²) in [7, 11) is 0. The van der Waals surface area contributed by atoms with E-state index in [1.165, 1.54) is 12.1 Å². The second-order valence-electron chi connectivity index (χ2n) is 4.88. The minimum absolute atomic E-state index is 0.102. The van der Waals surface area contributed by atoms with Gasteiger partial charge >= 0.3 is 0 Å². The molecule has 0 fully saturated rings. The van der Waals surface area contributed by atoms with Gasteiger partial charge in [0.05, 0.1) is 16.7 Å². The molecule has 4 nitrogen and oxygen atoms in total. The third kappa shape index (κ3) is 3.09. The van der Waals surface area contributed by atoms with Crippen molar-refractivity contribution in [2.45, 2.75) is 13.1 Å². The van der Waals surface area contributed by atoms with Crippen molar-refractivity contribution in [2.24, 2.45) is 0 Å². The van der Waals surface area contributed by atoms with Crippen LogP contribution in [0, 0.1) is 5.82 Å². The molecule has 1 N–H and O–H groups in total. The summed E-state index contributed by atoms with van der Waals surface area (Å²) in [5.41, 5.74) is 1.65. The third-order valence-electron chi connectivity index (χ3n) is 3.33. The summed E-state index contributed by atoms with van der Waals surface area (Å²) in [5.74, 6) is -0.468. The number of aromatic nitrogens is 2.